The maximum atomic E-state index is 12.7. The predicted octanol–water partition coefficient (Wildman–Crippen LogP) is 3.50. The first-order chi connectivity index (χ1) is 16.3. The number of carbonyl (C=O) groups is 2. The zero-order chi connectivity index (χ0) is 25.1. The lowest BCUT2D eigenvalue weighted by Gasteiger charge is -2.12. The zero-order valence-corrected chi connectivity index (χ0v) is 20.6. The van der Waals surface area contributed by atoms with E-state index in [1.165, 1.54) is 41.0 Å². The molecule has 0 aromatic heterocycles. The van der Waals surface area contributed by atoms with E-state index in [1.807, 2.05) is 0 Å². The van der Waals surface area contributed by atoms with E-state index in [2.05, 4.69) is 4.74 Å². The number of hydrogen-bond acceptors (Lipinski definition) is 9. The summed E-state index contributed by atoms with van der Waals surface area (Å²) in [5.41, 5.74) is 1.28. The molecule has 0 bridgehead atoms. The van der Waals surface area contributed by atoms with E-state index in [0.717, 1.165) is 0 Å². The van der Waals surface area contributed by atoms with Crippen LogP contribution in [0, 0.1) is 0 Å². The second kappa shape index (κ2) is 13.2. The van der Waals surface area contributed by atoms with Gasteiger partial charge in [-0.05, 0) is 23.8 Å². The Morgan fingerprint density at radius 2 is 1.41 bits per heavy atom. The van der Waals surface area contributed by atoms with Gasteiger partial charge >= 0.3 is 11.9 Å². The van der Waals surface area contributed by atoms with Gasteiger partial charge in [0.1, 0.15) is 17.2 Å². The van der Waals surface area contributed by atoms with Gasteiger partial charge in [-0.15, -0.1) is 0 Å². The summed E-state index contributed by atoms with van der Waals surface area (Å²) in [5.74, 6) is 1.14. The first-order valence-corrected chi connectivity index (χ1v) is 11.5. The number of ether oxygens (including phenoxy) is 6. The third kappa shape index (κ3) is 7.51. The number of methoxy groups -OCH3 is 5. The zero-order valence-electron chi connectivity index (χ0n) is 19.7. The van der Waals surface area contributed by atoms with Crippen molar-refractivity contribution >= 4 is 28.8 Å². The van der Waals surface area contributed by atoms with Crippen molar-refractivity contribution in [1.82, 2.24) is 0 Å². The topological polar surface area (TPSA) is 107 Å². The van der Waals surface area contributed by atoms with Gasteiger partial charge < -0.3 is 28.4 Å². The minimum Gasteiger partial charge on any atom is -0.496 e. The van der Waals surface area contributed by atoms with Crippen LogP contribution in [0.3, 0.4) is 0 Å². The quantitative estimate of drug-likeness (QED) is 0.325. The van der Waals surface area contributed by atoms with Gasteiger partial charge in [-0.25, -0.2) is 0 Å². The molecule has 0 N–H and O–H groups in total. The highest BCUT2D eigenvalue weighted by atomic mass is 32.2. The lowest BCUT2D eigenvalue weighted by atomic mass is 10.1. The summed E-state index contributed by atoms with van der Waals surface area (Å²) in [4.78, 5) is 23.3. The van der Waals surface area contributed by atoms with E-state index in [0.29, 0.717) is 34.1 Å². The Kier molecular flexibility index (Phi) is 10.4. The van der Waals surface area contributed by atoms with Crippen molar-refractivity contribution in [3.8, 4) is 28.7 Å². The van der Waals surface area contributed by atoms with Crippen LogP contribution in [0.5, 0.6) is 28.7 Å². The molecular weight excluding hydrogens is 464 g/mol. The minimum atomic E-state index is -1.40. The van der Waals surface area contributed by atoms with Crippen LogP contribution in [0.4, 0.5) is 0 Å². The molecule has 0 aliphatic heterocycles. The molecule has 0 heterocycles. The van der Waals surface area contributed by atoms with Crippen molar-refractivity contribution < 1.29 is 42.2 Å². The molecule has 1 atom stereocenters. The molecule has 2 aromatic rings. The molecule has 2 rings (SSSR count). The second-order valence-corrected chi connectivity index (χ2v) is 8.13. The highest BCUT2D eigenvalue weighted by Gasteiger charge is 2.15. The van der Waals surface area contributed by atoms with Crippen molar-refractivity contribution in [2.24, 2.45) is 0 Å². The highest BCUT2D eigenvalue weighted by molar-refractivity contribution is 7.87. The third-order valence-electron chi connectivity index (χ3n) is 4.66. The van der Waals surface area contributed by atoms with Crippen LogP contribution in [-0.4, -0.2) is 51.7 Å². The van der Waals surface area contributed by atoms with Crippen molar-refractivity contribution in [2.45, 2.75) is 18.6 Å². The summed E-state index contributed by atoms with van der Waals surface area (Å²) in [6.07, 6.45) is 1.43. The van der Waals surface area contributed by atoms with Crippen LogP contribution in [-0.2, 0) is 30.9 Å². The number of benzene rings is 2. The molecule has 0 amide bonds. The first-order valence-electron chi connectivity index (χ1n) is 10.1. The predicted molar refractivity (Wildman–Crippen MR) is 127 cm³/mol. The molecule has 34 heavy (non-hydrogen) atoms. The normalized spacial score (nSPS) is 11.6. The summed E-state index contributed by atoms with van der Waals surface area (Å²) in [6, 6.07) is 8.33. The van der Waals surface area contributed by atoms with E-state index in [9.17, 15) is 13.8 Å². The van der Waals surface area contributed by atoms with Crippen LogP contribution in [0.1, 0.15) is 24.0 Å². The molecule has 0 radical (unpaired) electrons. The van der Waals surface area contributed by atoms with Gasteiger partial charge in [0.2, 0.25) is 0 Å². The van der Waals surface area contributed by atoms with E-state index in [1.54, 1.807) is 36.4 Å². The average molecular weight is 493 g/mol. The van der Waals surface area contributed by atoms with Gasteiger partial charge in [0.25, 0.3) is 0 Å². The number of esters is 2. The number of hydrogen-bond donors (Lipinski definition) is 0. The fraction of sp³-hybridized carbons (Fsp3) is 0.333. The molecule has 0 fully saturated rings. The minimum absolute atomic E-state index is 0.0928. The Morgan fingerprint density at radius 3 is 1.97 bits per heavy atom. The van der Waals surface area contributed by atoms with Crippen LogP contribution >= 0.6 is 0 Å². The fourth-order valence-electron chi connectivity index (χ4n) is 2.92. The van der Waals surface area contributed by atoms with Gasteiger partial charge in [0.05, 0.1) is 70.5 Å². The molecule has 10 heteroatoms. The summed E-state index contributed by atoms with van der Waals surface area (Å²) in [6.45, 7) is 0. The highest BCUT2D eigenvalue weighted by Crippen LogP contribution is 2.35. The van der Waals surface area contributed by atoms with Crippen LogP contribution in [0.25, 0.3) is 6.08 Å². The average Bonchev–Trinajstić information content (AvgIpc) is 2.85. The summed E-state index contributed by atoms with van der Waals surface area (Å²) in [7, 11) is 5.87. The van der Waals surface area contributed by atoms with Gasteiger partial charge in [-0.1, -0.05) is 6.07 Å². The van der Waals surface area contributed by atoms with Gasteiger partial charge in [0.15, 0.2) is 11.5 Å². The maximum Gasteiger partial charge on any atom is 0.311 e. The molecular formula is C24H28O9S. The Labute approximate surface area is 201 Å². The second-order valence-electron chi connectivity index (χ2n) is 6.81. The summed E-state index contributed by atoms with van der Waals surface area (Å²) < 4.78 is 43.9. The van der Waals surface area contributed by atoms with Crippen molar-refractivity contribution in [3.05, 3.63) is 46.9 Å². The van der Waals surface area contributed by atoms with E-state index in [4.69, 9.17) is 23.7 Å². The van der Waals surface area contributed by atoms with E-state index in [-0.39, 0.29) is 24.3 Å². The molecule has 2 aromatic carbocycles. The Hall–Kier alpha value is -3.53. The molecule has 0 saturated carbocycles. The van der Waals surface area contributed by atoms with Crippen LogP contribution < -0.4 is 23.7 Å². The van der Waals surface area contributed by atoms with Crippen molar-refractivity contribution in [3.63, 3.8) is 0 Å². The maximum absolute atomic E-state index is 12.7. The van der Waals surface area contributed by atoms with Crippen LogP contribution in [0.2, 0.25) is 0 Å². The third-order valence-corrected chi connectivity index (χ3v) is 5.72. The standard InChI is InChI=1S/C24H28O9S/c1-28-17-13-20(30-3)18(21(14-17)31-4)10-11-34(27)15-16-6-7-19(29-2)22(12-16)33-24(26)9-8-23(25)32-5/h6-7,10-14H,8-9,15H2,1-5H3/b11-10+. The molecule has 1 unspecified atom stereocenters. The van der Waals surface area contributed by atoms with Crippen molar-refractivity contribution in [1.29, 1.82) is 0 Å². The number of rotatable bonds is 12. The summed E-state index contributed by atoms with van der Waals surface area (Å²) >= 11 is 0. The molecule has 0 aliphatic carbocycles. The SMILES string of the molecule is COC(=O)CCC(=O)Oc1cc(CS(=O)/C=C/c2c(OC)cc(OC)cc2OC)ccc1OC. The van der Waals surface area contributed by atoms with Gasteiger partial charge in [-0.3, -0.25) is 13.8 Å². The Balaban J connectivity index is 2.16. The first kappa shape index (κ1) is 26.7. The summed E-state index contributed by atoms with van der Waals surface area (Å²) in [5, 5.41) is 1.53. The lowest BCUT2D eigenvalue weighted by Crippen LogP contribution is -2.12. The molecule has 184 valence electrons. The van der Waals surface area contributed by atoms with Gasteiger partial charge in [0, 0.05) is 17.5 Å². The number of carbonyl (C=O) groups excluding carboxylic acids is 2. The Bertz CT molecular complexity index is 1040. The van der Waals surface area contributed by atoms with Crippen LogP contribution in [0.15, 0.2) is 35.7 Å². The smallest absolute Gasteiger partial charge is 0.311 e. The molecule has 0 spiro atoms. The van der Waals surface area contributed by atoms with E-state index < -0.39 is 22.7 Å². The van der Waals surface area contributed by atoms with E-state index >= 15 is 0 Å². The fourth-order valence-corrected chi connectivity index (χ4v) is 3.82. The monoisotopic (exact) mass is 492 g/mol. The lowest BCUT2D eigenvalue weighted by molar-refractivity contribution is -0.144. The molecule has 9 nitrogen and oxygen atoms in total. The largest absolute Gasteiger partial charge is 0.496 e. The van der Waals surface area contributed by atoms with Gasteiger partial charge in [-0.2, -0.15) is 0 Å². The molecule has 0 saturated heterocycles. The molecule has 0 aliphatic rings. The van der Waals surface area contributed by atoms with Crippen molar-refractivity contribution in [2.75, 3.05) is 35.5 Å². The Morgan fingerprint density at radius 1 is 0.794 bits per heavy atom.